The zero-order chi connectivity index (χ0) is 16.7. The van der Waals surface area contributed by atoms with Crippen LogP contribution in [0.3, 0.4) is 0 Å². The number of aryl methyl sites for hydroxylation is 1. The van der Waals surface area contributed by atoms with Crippen LogP contribution in [-0.2, 0) is 9.59 Å². The average Bonchev–Trinajstić information content (AvgIpc) is 2.43. The van der Waals surface area contributed by atoms with Gasteiger partial charge in [-0.15, -0.1) is 0 Å². The lowest BCUT2D eigenvalue weighted by molar-refractivity contribution is -0.147. The van der Waals surface area contributed by atoms with Crippen LogP contribution < -0.4 is 4.90 Å². The second-order valence-corrected chi connectivity index (χ2v) is 6.85. The summed E-state index contributed by atoms with van der Waals surface area (Å²) >= 11 is 0. The van der Waals surface area contributed by atoms with Crippen LogP contribution in [-0.4, -0.2) is 35.8 Å². The molecule has 0 aromatic heterocycles. The third kappa shape index (κ3) is 2.98. The SMILES string of the molecule is Cc1ccc(N2CCN(C(=O)C(C)(C)C)C(C)C2=O)cc1F. The van der Waals surface area contributed by atoms with Crippen LogP contribution >= 0.6 is 0 Å². The molecule has 1 saturated heterocycles. The molecule has 1 unspecified atom stereocenters. The van der Waals surface area contributed by atoms with Crippen molar-refractivity contribution in [2.24, 2.45) is 5.41 Å². The predicted molar refractivity (Wildman–Crippen MR) is 84.1 cm³/mol. The predicted octanol–water partition coefficient (Wildman–Crippen LogP) is 2.74. The second-order valence-electron chi connectivity index (χ2n) is 6.85. The van der Waals surface area contributed by atoms with Crippen molar-refractivity contribution >= 4 is 17.5 Å². The van der Waals surface area contributed by atoms with Crippen LogP contribution in [0.25, 0.3) is 0 Å². The van der Waals surface area contributed by atoms with Gasteiger partial charge in [0.25, 0.3) is 0 Å². The standard InChI is InChI=1S/C17H23FN2O2/c1-11-6-7-13(10-14(11)18)20-9-8-19(12(2)15(20)21)16(22)17(3,4)5/h6-7,10,12H,8-9H2,1-5H3. The van der Waals surface area contributed by atoms with Crippen LogP contribution in [0.1, 0.15) is 33.3 Å². The van der Waals surface area contributed by atoms with Crippen molar-refractivity contribution in [3.63, 3.8) is 0 Å². The van der Waals surface area contributed by atoms with E-state index in [0.717, 1.165) is 0 Å². The molecule has 120 valence electrons. The van der Waals surface area contributed by atoms with Gasteiger partial charge in [-0.25, -0.2) is 4.39 Å². The monoisotopic (exact) mass is 306 g/mol. The maximum absolute atomic E-state index is 13.7. The van der Waals surface area contributed by atoms with Crippen LogP contribution in [0.5, 0.6) is 0 Å². The van der Waals surface area contributed by atoms with Crippen LogP contribution in [0.2, 0.25) is 0 Å². The highest BCUT2D eigenvalue weighted by atomic mass is 19.1. The number of anilines is 1. The molecule has 1 aliphatic heterocycles. The van der Waals surface area contributed by atoms with Gasteiger partial charge < -0.3 is 9.80 Å². The normalized spacial score (nSPS) is 19.5. The number of halogens is 1. The molecule has 0 bridgehead atoms. The van der Waals surface area contributed by atoms with Crippen molar-refractivity contribution in [1.82, 2.24) is 4.90 Å². The molecule has 0 aliphatic carbocycles. The van der Waals surface area contributed by atoms with E-state index in [4.69, 9.17) is 0 Å². The zero-order valence-electron chi connectivity index (χ0n) is 13.8. The first kappa shape index (κ1) is 16.5. The van der Waals surface area contributed by atoms with Crippen molar-refractivity contribution in [1.29, 1.82) is 0 Å². The topological polar surface area (TPSA) is 40.6 Å². The molecule has 22 heavy (non-hydrogen) atoms. The fraction of sp³-hybridized carbons (Fsp3) is 0.529. The smallest absolute Gasteiger partial charge is 0.249 e. The Morgan fingerprint density at radius 1 is 1.27 bits per heavy atom. The average molecular weight is 306 g/mol. The molecule has 1 fully saturated rings. The van der Waals surface area contributed by atoms with E-state index in [2.05, 4.69) is 0 Å². The second kappa shape index (κ2) is 5.71. The van der Waals surface area contributed by atoms with E-state index in [-0.39, 0.29) is 17.6 Å². The summed E-state index contributed by atoms with van der Waals surface area (Å²) in [6.45, 7) is 9.77. The van der Waals surface area contributed by atoms with Crippen molar-refractivity contribution in [2.45, 2.75) is 40.7 Å². The minimum absolute atomic E-state index is 0.0388. The molecule has 1 atom stereocenters. The summed E-state index contributed by atoms with van der Waals surface area (Å²) in [6, 6.07) is 4.24. The lowest BCUT2D eigenvalue weighted by Gasteiger charge is -2.41. The summed E-state index contributed by atoms with van der Waals surface area (Å²) in [5.41, 5.74) is 0.570. The number of rotatable bonds is 1. The summed E-state index contributed by atoms with van der Waals surface area (Å²) in [4.78, 5) is 28.2. The molecular weight excluding hydrogens is 283 g/mol. The van der Waals surface area contributed by atoms with Gasteiger partial charge in [0, 0.05) is 24.2 Å². The van der Waals surface area contributed by atoms with Gasteiger partial charge in [0.15, 0.2) is 0 Å². The van der Waals surface area contributed by atoms with Gasteiger partial charge >= 0.3 is 0 Å². The first-order chi connectivity index (χ1) is 10.1. The molecule has 2 rings (SSSR count). The number of benzene rings is 1. The lowest BCUT2D eigenvalue weighted by atomic mass is 9.93. The van der Waals surface area contributed by atoms with Crippen LogP contribution in [0.15, 0.2) is 18.2 Å². The first-order valence-electron chi connectivity index (χ1n) is 7.51. The zero-order valence-corrected chi connectivity index (χ0v) is 13.8. The molecule has 5 heteroatoms. The third-order valence-electron chi connectivity index (χ3n) is 4.02. The molecule has 1 aromatic carbocycles. The Labute approximate surface area is 130 Å². The number of carbonyl (C=O) groups excluding carboxylic acids is 2. The molecule has 0 radical (unpaired) electrons. The van der Waals surface area contributed by atoms with Crippen molar-refractivity contribution in [3.05, 3.63) is 29.6 Å². The molecule has 1 heterocycles. The molecular formula is C17H23FN2O2. The number of piperazine rings is 1. The van der Waals surface area contributed by atoms with Gasteiger partial charge in [0.05, 0.1) is 0 Å². The highest BCUT2D eigenvalue weighted by Gasteiger charge is 2.38. The number of hydrogen-bond acceptors (Lipinski definition) is 2. The van der Waals surface area contributed by atoms with E-state index in [9.17, 15) is 14.0 Å². The van der Waals surface area contributed by atoms with Gasteiger partial charge in [-0.3, -0.25) is 9.59 Å². The Hall–Kier alpha value is -1.91. The van der Waals surface area contributed by atoms with Gasteiger partial charge in [-0.05, 0) is 31.5 Å². The van der Waals surface area contributed by atoms with E-state index in [1.165, 1.54) is 6.07 Å². The Kier molecular flexibility index (Phi) is 4.27. The minimum Gasteiger partial charge on any atom is -0.329 e. The molecule has 1 aromatic rings. The quantitative estimate of drug-likeness (QED) is 0.800. The maximum Gasteiger partial charge on any atom is 0.249 e. The van der Waals surface area contributed by atoms with Crippen LogP contribution in [0.4, 0.5) is 10.1 Å². The molecule has 1 aliphatic rings. The molecule has 0 spiro atoms. The number of amides is 2. The number of nitrogens with zero attached hydrogens (tertiary/aromatic N) is 2. The molecule has 0 saturated carbocycles. The van der Waals surface area contributed by atoms with Crippen molar-refractivity contribution in [2.75, 3.05) is 18.0 Å². The number of hydrogen-bond donors (Lipinski definition) is 0. The minimum atomic E-state index is -0.537. The fourth-order valence-corrected chi connectivity index (χ4v) is 2.58. The third-order valence-corrected chi connectivity index (χ3v) is 4.02. The van der Waals surface area contributed by atoms with E-state index >= 15 is 0 Å². The summed E-state index contributed by atoms with van der Waals surface area (Å²) in [5.74, 6) is -0.540. The lowest BCUT2D eigenvalue weighted by Crippen LogP contribution is -2.59. The van der Waals surface area contributed by atoms with Gasteiger partial charge in [0.2, 0.25) is 11.8 Å². The highest BCUT2D eigenvalue weighted by molar-refractivity contribution is 6.00. The van der Waals surface area contributed by atoms with Crippen molar-refractivity contribution < 1.29 is 14.0 Å². The highest BCUT2D eigenvalue weighted by Crippen LogP contribution is 2.26. The Morgan fingerprint density at radius 3 is 2.45 bits per heavy atom. The Bertz CT molecular complexity index is 607. The maximum atomic E-state index is 13.7. The largest absolute Gasteiger partial charge is 0.329 e. The van der Waals surface area contributed by atoms with E-state index in [0.29, 0.717) is 24.3 Å². The van der Waals surface area contributed by atoms with Gasteiger partial charge in [-0.1, -0.05) is 26.8 Å². The molecule has 2 amide bonds. The summed E-state index contributed by atoms with van der Waals surface area (Å²) in [5, 5.41) is 0. The molecule has 4 nitrogen and oxygen atoms in total. The van der Waals surface area contributed by atoms with Gasteiger partial charge in [0.1, 0.15) is 11.9 Å². The number of carbonyl (C=O) groups is 2. The summed E-state index contributed by atoms with van der Waals surface area (Å²) < 4.78 is 13.7. The van der Waals surface area contributed by atoms with Gasteiger partial charge in [-0.2, -0.15) is 0 Å². The summed E-state index contributed by atoms with van der Waals surface area (Å²) in [6.07, 6.45) is 0. The van der Waals surface area contributed by atoms with Crippen molar-refractivity contribution in [3.8, 4) is 0 Å². The Balaban J connectivity index is 2.22. The Morgan fingerprint density at radius 2 is 1.91 bits per heavy atom. The first-order valence-corrected chi connectivity index (χ1v) is 7.51. The molecule has 0 N–H and O–H groups in total. The van der Waals surface area contributed by atoms with E-state index in [1.54, 1.807) is 35.8 Å². The van der Waals surface area contributed by atoms with Crippen LogP contribution in [0, 0.1) is 18.2 Å². The summed E-state index contributed by atoms with van der Waals surface area (Å²) in [7, 11) is 0. The fourth-order valence-electron chi connectivity index (χ4n) is 2.58. The van der Waals surface area contributed by atoms with E-state index < -0.39 is 11.5 Å². The van der Waals surface area contributed by atoms with E-state index in [1.807, 2.05) is 20.8 Å².